The molecule has 2 heterocycles. The quantitative estimate of drug-likeness (QED) is 0.674. The van der Waals surface area contributed by atoms with Gasteiger partial charge < -0.3 is 25.8 Å². The highest BCUT2D eigenvalue weighted by atomic mass is 35.5. The molecule has 0 saturated carbocycles. The number of nitrogens with two attached hydrogens (primary N) is 1. The topological polar surface area (TPSA) is 114 Å². The minimum Gasteiger partial charge on any atom is -0.507 e. The molecule has 1 fully saturated rings. The van der Waals surface area contributed by atoms with E-state index in [0.717, 1.165) is 6.42 Å². The Hall–Kier alpha value is -2.42. The molecule has 28 heavy (non-hydrogen) atoms. The molecule has 0 radical (unpaired) electrons. The molecule has 4 N–H and O–H groups in total. The van der Waals surface area contributed by atoms with Crippen molar-refractivity contribution in [3.63, 3.8) is 0 Å². The number of ether oxygens (including phenoxy) is 1. The Balaban J connectivity index is 1.98. The molecule has 1 aromatic heterocycles. The molecule has 0 aliphatic carbocycles. The van der Waals surface area contributed by atoms with Crippen molar-refractivity contribution in [1.82, 2.24) is 14.9 Å². The lowest BCUT2D eigenvalue weighted by molar-refractivity contribution is 0.0299. The Morgan fingerprint density at radius 2 is 2.11 bits per heavy atom. The average molecular weight is 406 g/mol. The van der Waals surface area contributed by atoms with Crippen LogP contribution in [0.4, 0.5) is 5.82 Å². The van der Waals surface area contributed by atoms with Crippen LogP contribution in [0.3, 0.4) is 0 Å². The normalized spacial score (nSPS) is 15.3. The van der Waals surface area contributed by atoms with Crippen LogP contribution < -0.4 is 11.1 Å². The molecule has 1 amide bonds. The lowest BCUT2D eigenvalue weighted by atomic mass is 10.1. The number of phenols is 1. The van der Waals surface area contributed by atoms with E-state index in [4.69, 9.17) is 22.1 Å². The molecule has 150 valence electrons. The third kappa shape index (κ3) is 4.89. The van der Waals surface area contributed by atoms with Crippen LogP contribution in [0, 0.1) is 0 Å². The first-order valence-electron chi connectivity index (χ1n) is 9.22. The van der Waals surface area contributed by atoms with E-state index in [9.17, 15) is 9.90 Å². The minimum absolute atomic E-state index is 0.0171. The largest absolute Gasteiger partial charge is 0.507 e. The van der Waals surface area contributed by atoms with Crippen molar-refractivity contribution in [2.75, 3.05) is 38.2 Å². The number of benzene rings is 1. The van der Waals surface area contributed by atoms with E-state index >= 15 is 0 Å². The standard InChI is InChI=1S/C19H24ClN5O3/c1-2-13(21)11-22-17-10-15(19(27)25-5-7-28-8-6-25)23-18(24-17)14-9-12(20)3-4-16(14)26/h3-4,9-10,13,26H,2,5-8,11,21H2,1H3,(H,22,23,24)/t13-/m1/s1. The van der Waals surface area contributed by atoms with Crippen LogP contribution in [0.1, 0.15) is 23.8 Å². The first-order chi connectivity index (χ1) is 13.5. The molecule has 1 aliphatic rings. The van der Waals surface area contributed by atoms with Gasteiger partial charge in [0.2, 0.25) is 0 Å². The number of nitrogens with zero attached hydrogens (tertiary/aromatic N) is 3. The lowest BCUT2D eigenvalue weighted by Gasteiger charge is -2.26. The van der Waals surface area contributed by atoms with Crippen LogP contribution in [0.15, 0.2) is 24.3 Å². The van der Waals surface area contributed by atoms with Gasteiger partial charge in [-0.15, -0.1) is 0 Å². The zero-order chi connectivity index (χ0) is 20.1. The molecule has 9 heteroatoms. The fraction of sp³-hybridized carbons (Fsp3) is 0.421. The number of aromatic hydroxyl groups is 1. The van der Waals surface area contributed by atoms with Crippen LogP contribution >= 0.6 is 11.6 Å². The summed E-state index contributed by atoms with van der Waals surface area (Å²) in [5.74, 6) is 0.449. The van der Waals surface area contributed by atoms with Gasteiger partial charge in [0.25, 0.3) is 5.91 Å². The Labute approximate surface area is 168 Å². The third-order valence-electron chi connectivity index (χ3n) is 4.51. The maximum Gasteiger partial charge on any atom is 0.272 e. The molecule has 0 unspecified atom stereocenters. The van der Waals surface area contributed by atoms with Crippen molar-refractivity contribution in [2.45, 2.75) is 19.4 Å². The zero-order valence-electron chi connectivity index (χ0n) is 15.7. The van der Waals surface area contributed by atoms with Crippen LogP contribution in [0.5, 0.6) is 5.75 Å². The molecule has 0 bridgehead atoms. The minimum atomic E-state index is -0.212. The number of amides is 1. The molecular formula is C19H24ClN5O3. The summed E-state index contributed by atoms with van der Waals surface area (Å²) in [6.45, 7) is 4.49. The monoisotopic (exact) mass is 405 g/mol. The number of aromatic nitrogens is 2. The van der Waals surface area contributed by atoms with E-state index in [1.54, 1.807) is 23.1 Å². The Morgan fingerprint density at radius 1 is 1.36 bits per heavy atom. The SMILES string of the molecule is CC[C@@H](N)CNc1cc(C(=O)N2CCOCC2)nc(-c2cc(Cl)ccc2O)n1. The van der Waals surface area contributed by atoms with Gasteiger partial charge in [-0.3, -0.25) is 4.79 Å². The number of nitrogens with one attached hydrogen (secondary N) is 1. The van der Waals surface area contributed by atoms with Crippen LogP contribution in [-0.4, -0.2) is 64.8 Å². The van der Waals surface area contributed by atoms with Crippen molar-refractivity contribution < 1.29 is 14.6 Å². The molecule has 8 nitrogen and oxygen atoms in total. The van der Waals surface area contributed by atoms with Gasteiger partial charge >= 0.3 is 0 Å². The maximum absolute atomic E-state index is 12.9. The summed E-state index contributed by atoms with van der Waals surface area (Å²) < 4.78 is 5.31. The number of carbonyl (C=O) groups excluding carboxylic acids is 1. The van der Waals surface area contributed by atoms with Gasteiger partial charge in [-0.25, -0.2) is 9.97 Å². The van der Waals surface area contributed by atoms with Crippen molar-refractivity contribution in [3.8, 4) is 17.1 Å². The highest BCUT2D eigenvalue weighted by Gasteiger charge is 2.22. The van der Waals surface area contributed by atoms with E-state index in [1.807, 2.05) is 6.92 Å². The lowest BCUT2D eigenvalue weighted by Crippen LogP contribution is -2.41. The number of hydrogen-bond acceptors (Lipinski definition) is 7. The van der Waals surface area contributed by atoms with E-state index in [-0.39, 0.29) is 29.2 Å². The summed E-state index contributed by atoms with van der Waals surface area (Å²) in [5.41, 5.74) is 6.57. The Bertz CT molecular complexity index is 842. The van der Waals surface area contributed by atoms with Gasteiger partial charge in [0.1, 0.15) is 17.3 Å². The number of rotatable bonds is 6. The van der Waals surface area contributed by atoms with Crippen molar-refractivity contribution in [3.05, 3.63) is 35.0 Å². The number of anilines is 1. The molecule has 1 aliphatic heterocycles. The van der Waals surface area contributed by atoms with E-state index < -0.39 is 0 Å². The summed E-state index contributed by atoms with van der Waals surface area (Å²) in [5, 5.41) is 13.8. The molecular weight excluding hydrogens is 382 g/mol. The molecule has 1 atom stereocenters. The van der Waals surface area contributed by atoms with Gasteiger partial charge in [0.05, 0.1) is 18.8 Å². The molecule has 1 saturated heterocycles. The summed E-state index contributed by atoms with van der Waals surface area (Å²) in [6, 6.07) is 6.17. The van der Waals surface area contributed by atoms with Crippen molar-refractivity contribution in [1.29, 1.82) is 0 Å². The van der Waals surface area contributed by atoms with Crippen molar-refractivity contribution >= 4 is 23.3 Å². The number of phenolic OH excluding ortho intramolecular Hbond substituents is 1. The third-order valence-corrected chi connectivity index (χ3v) is 4.75. The Kier molecular flexibility index (Phi) is 6.66. The van der Waals surface area contributed by atoms with Gasteiger partial charge in [-0.2, -0.15) is 0 Å². The number of carbonyl (C=O) groups is 1. The fourth-order valence-electron chi connectivity index (χ4n) is 2.76. The zero-order valence-corrected chi connectivity index (χ0v) is 16.4. The maximum atomic E-state index is 12.9. The predicted molar refractivity (Wildman–Crippen MR) is 108 cm³/mol. The number of halogens is 1. The first kappa shape index (κ1) is 20.3. The summed E-state index contributed by atoms with van der Waals surface area (Å²) in [7, 11) is 0. The van der Waals surface area contributed by atoms with E-state index in [0.29, 0.717) is 49.3 Å². The summed E-state index contributed by atoms with van der Waals surface area (Å²) >= 11 is 6.06. The van der Waals surface area contributed by atoms with Crippen molar-refractivity contribution in [2.24, 2.45) is 5.73 Å². The second-order valence-electron chi connectivity index (χ2n) is 6.58. The smallest absolute Gasteiger partial charge is 0.272 e. The summed E-state index contributed by atoms with van der Waals surface area (Å²) in [6.07, 6.45) is 0.805. The van der Waals surface area contributed by atoms with Gasteiger partial charge in [-0.1, -0.05) is 18.5 Å². The van der Waals surface area contributed by atoms with Crippen LogP contribution in [-0.2, 0) is 4.74 Å². The Morgan fingerprint density at radius 3 is 2.82 bits per heavy atom. The molecule has 0 spiro atoms. The number of hydrogen-bond donors (Lipinski definition) is 3. The fourth-order valence-corrected chi connectivity index (χ4v) is 2.94. The van der Waals surface area contributed by atoms with Crippen LogP contribution in [0.25, 0.3) is 11.4 Å². The average Bonchev–Trinajstić information content (AvgIpc) is 2.73. The summed E-state index contributed by atoms with van der Waals surface area (Å²) in [4.78, 5) is 23.5. The first-order valence-corrected chi connectivity index (χ1v) is 9.60. The molecule has 3 rings (SSSR count). The van der Waals surface area contributed by atoms with Crippen LogP contribution in [0.2, 0.25) is 5.02 Å². The van der Waals surface area contributed by atoms with Gasteiger partial charge in [0, 0.05) is 36.8 Å². The number of morpholine rings is 1. The predicted octanol–water partition coefficient (Wildman–Crippen LogP) is 2.12. The van der Waals surface area contributed by atoms with Gasteiger partial charge in [-0.05, 0) is 24.6 Å². The van der Waals surface area contributed by atoms with E-state index in [1.165, 1.54) is 6.07 Å². The second-order valence-corrected chi connectivity index (χ2v) is 7.01. The highest BCUT2D eigenvalue weighted by molar-refractivity contribution is 6.30. The highest BCUT2D eigenvalue weighted by Crippen LogP contribution is 2.30. The van der Waals surface area contributed by atoms with E-state index in [2.05, 4.69) is 15.3 Å². The molecule has 1 aromatic carbocycles. The van der Waals surface area contributed by atoms with Gasteiger partial charge in [0.15, 0.2) is 5.82 Å². The second kappa shape index (κ2) is 9.18. The molecule has 2 aromatic rings.